The van der Waals surface area contributed by atoms with Crippen molar-refractivity contribution >= 4 is 11.6 Å². The number of aryl methyl sites for hydroxylation is 1. The summed E-state index contributed by atoms with van der Waals surface area (Å²) in [4.78, 5) is 18.4. The molecular formula is C15H20N4O2. The van der Waals surface area contributed by atoms with Crippen molar-refractivity contribution in [2.24, 2.45) is 12.8 Å². The van der Waals surface area contributed by atoms with E-state index in [0.717, 1.165) is 12.1 Å². The highest BCUT2D eigenvalue weighted by atomic mass is 16.5. The Hall–Kier alpha value is -2.34. The van der Waals surface area contributed by atoms with Gasteiger partial charge in [-0.05, 0) is 25.1 Å². The van der Waals surface area contributed by atoms with Gasteiger partial charge in [0.05, 0.1) is 19.6 Å². The van der Waals surface area contributed by atoms with Gasteiger partial charge in [0, 0.05) is 25.3 Å². The minimum Gasteiger partial charge on any atom is -0.497 e. The molecule has 6 heteroatoms. The average molecular weight is 288 g/mol. The molecule has 0 radical (unpaired) electrons. The van der Waals surface area contributed by atoms with Gasteiger partial charge >= 0.3 is 0 Å². The molecule has 2 rings (SSSR count). The zero-order chi connectivity index (χ0) is 15.2. The number of carbonyl (C=O) groups is 1. The van der Waals surface area contributed by atoms with Gasteiger partial charge in [-0.3, -0.25) is 4.79 Å². The first kappa shape index (κ1) is 15.1. The average Bonchev–Trinajstić information content (AvgIpc) is 2.94. The molecule has 0 spiro atoms. The van der Waals surface area contributed by atoms with Gasteiger partial charge in [0.15, 0.2) is 0 Å². The highest BCUT2D eigenvalue weighted by Gasteiger charge is 2.20. The number of carbonyl (C=O) groups excluding carboxylic acids is 1. The van der Waals surface area contributed by atoms with Crippen LogP contribution in [-0.2, 0) is 7.05 Å². The van der Waals surface area contributed by atoms with Gasteiger partial charge in [-0.2, -0.15) is 0 Å². The molecule has 0 atom stereocenters. The molecule has 0 aliphatic rings. The minimum absolute atomic E-state index is 0.100. The van der Waals surface area contributed by atoms with E-state index in [9.17, 15) is 4.79 Å². The highest BCUT2D eigenvalue weighted by molar-refractivity contribution is 6.04. The highest BCUT2D eigenvalue weighted by Crippen LogP contribution is 2.22. The Balaban J connectivity index is 2.33. The molecule has 0 unspecified atom stereocenters. The van der Waals surface area contributed by atoms with Gasteiger partial charge in [-0.1, -0.05) is 6.07 Å². The van der Waals surface area contributed by atoms with E-state index in [1.807, 2.05) is 24.3 Å². The van der Waals surface area contributed by atoms with Crippen molar-refractivity contribution in [2.75, 3.05) is 25.1 Å². The molecule has 2 N–H and O–H groups in total. The van der Waals surface area contributed by atoms with E-state index in [0.29, 0.717) is 24.5 Å². The Morgan fingerprint density at radius 1 is 1.48 bits per heavy atom. The summed E-state index contributed by atoms with van der Waals surface area (Å²) >= 11 is 0. The summed E-state index contributed by atoms with van der Waals surface area (Å²) in [7, 11) is 3.40. The predicted molar refractivity (Wildman–Crippen MR) is 81.5 cm³/mol. The van der Waals surface area contributed by atoms with E-state index in [-0.39, 0.29) is 5.91 Å². The van der Waals surface area contributed by atoms with Crippen LogP contribution in [0.2, 0.25) is 0 Å². The number of rotatable bonds is 6. The Morgan fingerprint density at radius 2 is 2.29 bits per heavy atom. The van der Waals surface area contributed by atoms with Crippen molar-refractivity contribution in [1.29, 1.82) is 0 Å². The summed E-state index contributed by atoms with van der Waals surface area (Å²) in [6, 6.07) is 7.43. The largest absolute Gasteiger partial charge is 0.497 e. The number of imidazole rings is 1. The lowest BCUT2D eigenvalue weighted by atomic mass is 10.2. The van der Waals surface area contributed by atoms with Crippen LogP contribution < -0.4 is 15.4 Å². The molecule has 1 amide bonds. The fraction of sp³-hybridized carbons (Fsp3) is 0.333. The number of nitrogens with zero attached hydrogens (tertiary/aromatic N) is 3. The molecule has 1 heterocycles. The van der Waals surface area contributed by atoms with Crippen molar-refractivity contribution in [3.8, 4) is 5.75 Å². The number of amides is 1. The number of anilines is 1. The zero-order valence-corrected chi connectivity index (χ0v) is 12.3. The number of benzene rings is 1. The van der Waals surface area contributed by atoms with Crippen LogP contribution in [-0.4, -0.2) is 35.7 Å². The first-order valence-corrected chi connectivity index (χ1v) is 6.79. The lowest BCUT2D eigenvalue weighted by Crippen LogP contribution is -2.34. The summed E-state index contributed by atoms with van der Waals surface area (Å²) in [6.45, 7) is 1.08. The van der Waals surface area contributed by atoms with Gasteiger partial charge in [0.2, 0.25) is 0 Å². The fourth-order valence-corrected chi connectivity index (χ4v) is 2.08. The Kier molecular flexibility index (Phi) is 4.94. The standard InChI is InChI=1S/C15H20N4O2/c1-18-11-17-10-14(18)15(20)19(8-4-7-16)12-5-3-6-13(9-12)21-2/h3,5-6,9-11H,4,7-8,16H2,1-2H3. The van der Waals surface area contributed by atoms with Crippen molar-refractivity contribution in [3.63, 3.8) is 0 Å². The van der Waals surface area contributed by atoms with Crippen LogP contribution in [0.3, 0.4) is 0 Å². The molecule has 1 aromatic heterocycles. The molecule has 0 fully saturated rings. The molecule has 0 aliphatic heterocycles. The minimum atomic E-state index is -0.100. The number of methoxy groups -OCH3 is 1. The number of hydrogen-bond acceptors (Lipinski definition) is 4. The first-order chi connectivity index (χ1) is 10.2. The second kappa shape index (κ2) is 6.90. The lowest BCUT2D eigenvalue weighted by molar-refractivity contribution is 0.0979. The molecule has 0 bridgehead atoms. The van der Waals surface area contributed by atoms with Gasteiger partial charge < -0.3 is 19.9 Å². The second-order valence-corrected chi connectivity index (χ2v) is 4.69. The number of nitrogens with two attached hydrogens (primary N) is 1. The van der Waals surface area contributed by atoms with Gasteiger partial charge in [0.1, 0.15) is 11.4 Å². The van der Waals surface area contributed by atoms with Crippen LogP contribution in [0.15, 0.2) is 36.8 Å². The molecule has 0 saturated carbocycles. The monoisotopic (exact) mass is 288 g/mol. The van der Waals surface area contributed by atoms with Crippen molar-refractivity contribution in [3.05, 3.63) is 42.5 Å². The Labute approximate surface area is 124 Å². The zero-order valence-electron chi connectivity index (χ0n) is 12.3. The smallest absolute Gasteiger partial charge is 0.276 e. The van der Waals surface area contributed by atoms with E-state index in [1.165, 1.54) is 0 Å². The third-order valence-corrected chi connectivity index (χ3v) is 3.23. The summed E-state index contributed by atoms with van der Waals surface area (Å²) in [6.07, 6.45) is 3.90. The topological polar surface area (TPSA) is 73.4 Å². The third kappa shape index (κ3) is 3.41. The summed E-state index contributed by atoms with van der Waals surface area (Å²) < 4.78 is 6.93. The fourth-order valence-electron chi connectivity index (χ4n) is 2.08. The molecule has 1 aromatic carbocycles. The maximum absolute atomic E-state index is 12.7. The summed E-state index contributed by atoms with van der Waals surface area (Å²) in [5, 5.41) is 0. The maximum Gasteiger partial charge on any atom is 0.276 e. The second-order valence-electron chi connectivity index (χ2n) is 4.69. The van der Waals surface area contributed by atoms with Gasteiger partial charge in [-0.15, -0.1) is 0 Å². The van der Waals surface area contributed by atoms with Crippen molar-refractivity contribution in [1.82, 2.24) is 9.55 Å². The Morgan fingerprint density at radius 3 is 2.90 bits per heavy atom. The quantitative estimate of drug-likeness (QED) is 0.872. The molecule has 112 valence electrons. The van der Waals surface area contributed by atoms with Gasteiger partial charge in [-0.25, -0.2) is 4.98 Å². The van der Waals surface area contributed by atoms with Crippen LogP contribution in [0.25, 0.3) is 0 Å². The number of aromatic nitrogens is 2. The van der Waals surface area contributed by atoms with Crippen molar-refractivity contribution < 1.29 is 9.53 Å². The molecular weight excluding hydrogens is 268 g/mol. The van der Waals surface area contributed by atoms with Crippen LogP contribution in [0.1, 0.15) is 16.9 Å². The molecule has 2 aromatic rings. The van der Waals surface area contributed by atoms with E-state index in [4.69, 9.17) is 10.5 Å². The van der Waals surface area contributed by atoms with Crippen LogP contribution >= 0.6 is 0 Å². The SMILES string of the molecule is COc1cccc(N(CCCN)C(=O)c2cncn2C)c1. The Bertz CT molecular complexity index is 609. The number of hydrogen-bond donors (Lipinski definition) is 1. The van der Waals surface area contributed by atoms with Crippen LogP contribution in [0, 0.1) is 0 Å². The van der Waals surface area contributed by atoms with E-state index < -0.39 is 0 Å². The maximum atomic E-state index is 12.7. The molecule has 21 heavy (non-hydrogen) atoms. The molecule has 0 aliphatic carbocycles. The third-order valence-electron chi connectivity index (χ3n) is 3.23. The first-order valence-electron chi connectivity index (χ1n) is 6.79. The van der Waals surface area contributed by atoms with E-state index in [1.54, 1.807) is 36.1 Å². The predicted octanol–water partition coefficient (Wildman–Crippen LogP) is 1.42. The van der Waals surface area contributed by atoms with Crippen LogP contribution in [0.5, 0.6) is 5.75 Å². The molecule has 6 nitrogen and oxygen atoms in total. The van der Waals surface area contributed by atoms with E-state index in [2.05, 4.69) is 4.98 Å². The van der Waals surface area contributed by atoms with Crippen molar-refractivity contribution in [2.45, 2.75) is 6.42 Å². The summed E-state index contributed by atoms with van der Waals surface area (Å²) in [5.74, 6) is 0.611. The van der Waals surface area contributed by atoms with Gasteiger partial charge in [0.25, 0.3) is 5.91 Å². The summed E-state index contributed by atoms with van der Waals surface area (Å²) in [5.41, 5.74) is 6.90. The van der Waals surface area contributed by atoms with E-state index >= 15 is 0 Å². The normalized spacial score (nSPS) is 10.4. The lowest BCUT2D eigenvalue weighted by Gasteiger charge is -2.23. The van der Waals surface area contributed by atoms with Crippen LogP contribution in [0.4, 0.5) is 5.69 Å². The molecule has 0 saturated heterocycles. The number of ether oxygens (including phenoxy) is 1.